The van der Waals surface area contributed by atoms with E-state index in [1.165, 1.54) is 0 Å². The van der Waals surface area contributed by atoms with Crippen molar-refractivity contribution in [2.75, 3.05) is 5.54 Å². The predicted molar refractivity (Wildman–Crippen MR) is 45.4 cm³/mol. The standard InChI is InChI=1S/C4HFN8O5/c5-6-1-3(10-17-8-1)12(14)7-2-4(13(15)16)11-18-9-2/h(H,6,8). The Morgan fingerprint density at radius 3 is 2.50 bits per heavy atom. The van der Waals surface area contributed by atoms with E-state index in [4.69, 9.17) is 0 Å². The van der Waals surface area contributed by atoms with Crippen LogP contribution >= 0.6 is 0 Å². The van der Waals surface area contributed by atoms with Crippen molar-refractivity contribution in [2.45, 2.75) is 0 Å². The summed E-state index contributed by atoms with van der Waals surface area (Å²) in [6.45, 7) is 0. The number of hydrogen-bond donors (Lipinski definition) is 1. The van der Waals surface area contributed by atoms with E-state index in [-0.39, 0.29) is 4.86 Å². The van der Waals surface area contributed by atoms with E-state index in [9.17, 15) is 19.8 Å². The summed E-state index contributed by atoms with van der Waals surface area (Å²) in [4.78, 5) is 9.14. The molecule has 2 rings (SSSR count). The molecule has 0 aliphatic carbocycles. The molecule has 0 atom stereocenters. The van der Waals surface area contributed by atoms with Crippen molar-refractivity contribution in [1.82, 2.24) is 20.6 Å². The average molecular weight is 260 g/mol. The van der Waals surface area contributed by atoms with Gasteiger partial charge >= 0.3 is 17.5 Å². The van der Waals surface area contributed by atoms with Gasteiger partial charge in [0.1, 0.15) is 0 Å². The van der Waals surface area contributed by atoms with Crippen molar-refractivity contribution in [3.63, 3.8) is 0 Å². The molecule has 0 radical (unpaired) electrons. The summed E-state index contributed by atoms with van der Waals surface area (Å²) in [6.07, 6.45) is 0. The van der Waals surface area contributed by atoms with E-state index in [2.05, 4.69) is 35.0 Å². The van der Waals surface area contributed by atoms with E-state index >= 15 is 0 Å². The lowest BCUT2D eigenvalue weighted by Gasteiger charge is -1.97. The Morgan fingerprint density at radius 2 is 1.83 bits per heavy atom. The monoisotopic (exact) mass is 260 g/mol. The third-order valence-electron chi connectivity index (χ3n) is 1.55. The molecule has 0 saturated carbocycles. The molecule has 0 spiro atoms. The zero-order valence-electron chi connectivity index (χ0n) is 8.05. The molecule has 0 aromatic carbocycles. The Labute approximate surface area is 94.5 Å². The Kier molecular flexibility index (Phi) is 2.73. The van der Waals surface area contributed by atoms with Crippen molar-refractivity contribution in [3.8, 4) is 0 Å². The number of hydrogen-bond acceptors (Lipinski definition) is 11. The molecule has 0 saturated heterocycles. The highest BCUT2D eigenvalue weighted by atomic mass is 19.2. The lowest BCUT2D eigenvalue weighted by atomic mass is 10.6. The fourth-order valence-electron chi connectivity index (χ4n) is 0.860. The van der Waals surface area contributed by atoms with Gasteiger partial charge in [-0.3, -0.25) is 0 Å². The van der Waals surface area contributed by atoms with E-state index in [0.29, 0.717) is 0 Å². The largest absolute Gasteiger partial charge is 0.690 e. The number of rotatable bonds is 4. The van der Waals surface area contributed by atoms with E-state index in [1.54, 1.807) is 0 Å². The zero-order valence-corrected chi connectivity index (χ0v) is 8.05. The van der Waals surface area contributed by atoms with Crippen LogP contribution in [0.4, 0.5) is 27.8 Å². The molecule has 0 aliphatic heterocycles. The summed E-state index contributed by atoms with van der Waals surface area (Å²) < 4.78 is 20.2. The molecule has 2 aromatic rings. The average Bonchev–Trinajstić information content (AvgIpc) is 2.96. The van der Waals surface area contributed by atoms with Crippen molar-refractivity contribution in [1.29, 1.82) is 0 Å². The quantitative estimate of drug-likeness (QED) is 0.269. The number of nitrogens with one attached hydrogen (secondary N) is 1. The lowest BCUT2D eigenvalue weighted by molar-refractivity contribution is -0.442. The van der Waals surface area contributed by atoms with E-state index in [0.717, 1.165) is 5.54 Å². The molecule has 2 aromatic heterocycles. The van der Waals surface area contributed by atoms with Crippen molar-refractivity contribution >= 4 is 23.3 Å². The highest BCUT2D eigenvalue weighted by molar-refractivity contribution is 5.47. The molecular formula is C4HFN8O5. The van der Waals surface area contributed by atoms with Crippen LogP contribution in [0, 0.1) is 15.3 Å². The minimum atomic E-state index is -0.974. The van der Waals surface area contributed by atoms with Gasteiger partial charge in [-0.05, 0) is 10.0 Å². The first-order valence-electron chi connectivity index (χ1n) is 3.98. The van der Waals surface area contributed by atoms with E-state index in [1.807, 2.05) is 0 Å². The normalized spacial score (nSPS) is 11.5. The summed E-state index contributed by atoms with van der Waals surface area (Å²) in [5.41, 5.74) is 1.01. The van der Waals surface area contributed by atoms with Gasteiger partial charge in [-0.15, -0.1) is 18.6 Å². The van der Waals surface area contributed by atoms with Crippen LogP contribution in [0.5, 0.6) is 0 Å². The summed E-state index contributed by atoms with van der Waals surface area (Å²) >= 11 is 0. The van der Waals surface area contributed by atoms with Crippen LogP contribution in [0.25, 0.3) is 0 Å². The SMILES string of the molecule is O=[N+]([O-])c1nonc1N=[N+]([O-])c1nonc1NF. The second-order valence-electron chi connectivity index (χ2n) is 2.57. The second kappa shape index (κ2) is 4.36. The summed E-state index contributed by atoms with van der Waals surface area (Å²) in [6, 6.07) is 0. The van der Waals surface area contributed by atoms with Gasteiger partial charge in [-0.25, -0.2) is 0 Å². The number of aromatic nitrogens is 4. The topological polar surface area (TPSA) is 171 Å². The fourth-order valence-corrected chi connectivity index (χ4v) is 0.860. The Hall–Kier alpha value is -3.19. The molecule has 94 valence electrons. The number of nitro groups is 1. The summed E-state index contributed by atoms with van der Waals surface area (Å²) in [5, 5.41) is 36.8. The molecule has 18 heavy (non-hydrogen) atoms. The maximum Gasteiger partial charge on any atom is 0.465 e. The molecule has 0 aliphatic rings. The molecule has 0 amide bonds. The van der Waals surface area contributed by atoms with Gasteiger partial charge in [0.15, 0.2) is 10.3 Å². The fraction of sp³-hybridized carbons (Fsp3) is 0. The molecular weight excluding hydrogens is 259 g/mol. The number of halogens is 1. The minimum absolute atomic E-state index is 0.301. The number of nitrogens with zero attached hydrogens (tertiary/aromatic N) is 7. The zero-order chi connectivity index (χ0) is 13.1. The summed E-state index contributed by atoms with van der Waals surface area (Å²) in [5.74, 6) is -2.97. The predicted octanol–water partition coefficient (Wildman–Crippen LogP) is 0.583. The second-order valence-corrected chi connectivity index (χ2v) is 2.57. The van der Waals surface area contributed by atoms with Crippen molar-refractivity contribution < 1.29 is 23.5 Å². The number of anilines is 1. The Morgan fingerprint density at radius 1 is 1.17 bits per heavy atom. The van der Waals surface area contributed by atoms with Gasteiger partial charge < -0.3 is 15.3 Å². The molecule has 0 unspecified atom stereocenters. The van der Waals surface area contributed by atoms with Gasteiger partial charge in [0, 0.05) is 10.3 Å². The highest BCUT2D eigenvalue weighted by Crippen LogP contribution is 2.25. The molecule has 2 heterocycles. The van der Waals surface area contributed by atoms with Crippen molar-refractivity contribution in [2.24, 2.45) is 5.11 Å². The van der Waals surface area contributed by atoms with Crippen LogP contribution < -0.4 is 5.54 Å². The first kappa shape index (κ1) is 11.3. The van der Waals surface area contributed by atoms with E-state index < -0.39 is 28.2 Å². The molecule has 13 nitrogen and oxygen atoms in total. The highest BCUT2D eigenvalue weighted by Gasteiger charge is 2.26. The summed E-state index contributed by atoms with van der Waals surface area (Å²) in [7, 11) is 0. The smallest absolute Gasteiger partial charge is 0.465 e. The van der Waals surface area contributed by atoms with Crippen LogP contribution in [0.2, 0.25) is 0 Å². The third-order valence-corrected chi connectivity index (χ3v) is 1.55. The first-order valence-corrected chi connectivity index (χ1v) is 3.98. The van der Waals surface area contributed by atoms with Gasteiger partial charge in [0.05, 0.1) is 0 Å². The van der Waals surface area contributed by atoms with Gasteiger partial charge in [-0.2, -0.15) is 5.54 Å². The molecule has 1 N–H and O–H groups in total. The van der Waals surface area contributed by atoms with Crippen LogP contribution in [-0.2, 0) is 0 Å². The van der Waals surface area contributed by atoms with Gasteiger partial charge in [0.25, 0.3) is 5.82 Å². The molecule has 14 heteroatoms. The molecule has 0 bridgehead atoms. The lowest BCUT2D eigenvalue weighted by Crippen LogP contribution is -1.96. The van der Waals surface area contributed by atoms with Crippen LogP contribution in [0.1, 0.15) is 0 Å². The third kappa shape index (κ3) is 1.88. The molecule has 0 fully saturated rings. The Bertz CT molecular complexity index is 604. The van der Waals surface area contributed by atoms with Crippen molar-refractivity contribution in [3.05, 3.63) is 15.3 Å². The van der Waals surface area contributed by atoms with Gasteiger partial charge in [0.2, 0.25) is 0 Å². The Balaban J connectivity index is 2.39. The van der Waals surface area contributed by atoms with Crippen LogP contribution in [0.3, 0.4) is 0 Å². The van der Waals surface area contributed by atoms with Gasteiger partial charge in [-0.1, -0.05) is 0 Å². The first-order chi connectivity index (χ1) is 8.63. The maximum atomic E-state index is 12.1. The maximum absolute atomic E-state index is 12.1. The number of azo groups is 1. The minimum Gasteiger partial charge on any atom is -0.690 e. The van der Waals surface area contributed by atoms with Crippen LogP contribution in [-0.4, -0.2) is 30.4 Å². The van der Waals surface area contributed by atoms with Crippen LogP contribution in [0.15, 0.2) is 14.4 Å².